The highest BCUT2D eigenvalue weighted by molar-refractivity contribution is 9.10. The van der Waals surface area contributed by atoms with Gasteiger partial charge in [0, 0.05) is 10.7 Å². The molecule has 4 rings (SSSR count). The maximum Gasteiger partial charge on any atom is 0.266 e. The van der Waals surface area contributed by atoms with E-state index in [4.69, 9.17) is 21.1 Å². The molecule has 0 heterocycles. The molecule has 0 saturated heterocycles. The second-order valence-corrected chi connectivity index (χ2v) is 9.49. The summed E-state index contributed by atoms with van der Waals surface area (Å²) >= 11 is 9.73. The lowest BCUT2D eigenvalue weighted by Crippen LogP contribution is -2.14. The Balaban J connectivity index is 1.60. The minimum Gasteiger partial charge on any atom is -0.490 e. The molecule has 1 N–H and O–H groups in total. The van der Waals surface area contributed by atoms with Gasteiger partial charge in [0.15, 0.2) is 11.5 Å². The Kier molecular flexibility index (Phi) is 8.50. The summed E-state index contributed by atoms with van der Waals surface area (Å²) in [5, 5.41) is 15.2. The van der Waals surface area contributed by atoms with Crippen molar-refractivity contribution < 1.29 is 14.3 Å². The summed E-state index contributed by atoms with van der Waals surface area (Å²) in [7, 11) is 0. The van der Waals surface area contributed by atoms with Crippen LogP contribution in [0.15, 0.2) is 82.8 Å². The zero-order valence-electron chi connectivity index (χ0n) is 20.3. The zero-order chi connectivity index (χ0) is 26.4. The van der Waals surface area contributed by atoms with Crippen molar-refractivity contribution in [1.29, 1.82) is 5.26 Å². The summed E-state index contributed by atoms with van der Waals surface area (Å²) in [6.45, 7) is 4.45. The molecule has 0 saturated carbocycles. The topological polar surface area (TPSA) is 71.3 Å². The van der Waals surface area contributed by atoms with Crippen molar-refractivity contribution in [3.8, 4) is 17.6 Å². The Morgan fingerprint density at radius 3 is 2.62 bits per heavy atom. The number of ether oxygens (including phenoxy) is 2. The van der Waals surface area contributed by atoms with Crippen LogP contribution in [0.25, 0.3) is 16.8 Å². The maximum absolute atomic E-state index is 12.8. The van der Waals surface area contributed by atoms with E-state index in [0.717, 1.165) is 21.9 Å². The number of amides is 1. The van der Waals surface area contributed by atoms with Crippen LogP contribution >= 0.6 is 27.5 Å². The lowest BCUT2D eigenvalue weighted by Gasteiger charge is -2.16. The normalized spacial score (nSPS) is 11.2. The van der Waals surface area contributed by atoms with E-state index in [9.17, 15) is 10.1 Å². The van der Waals surface area contributed by atoms with Crippen LogP contribution < -0.4 is 14.8 Å². The third kappa shape index (κ3) is 6.14. The van der Waals surface area contributed by atoms with Crippen LogP contribution in [-0.2, 0) is 11.4 Å². The molecule has 186 valence electrons. The minimum absolute atomic E-state index is 0.0573. The van der Waals surface area contributed by atoms with Gasteiger partial charge < -0.3 is 14.8 Å². The molecule has 0 unspecified atom stereocenters. The zero-order valence-corrected chi connectivity index (χ0v) is 22.7. The van der Waals surface area contributed by atoms with Crippen LogP contribution in [0.2, 0.25) is 5.02 Å². The van der Waals surface area contributed by atoms with Crippen LogP contribution in [0.5, 0.6) is 11.5 Å². The highest BCUT2D eigenvalue weighted by Crippen LogP contribution is 2.38. The molecule has 1 amide bonds. The lowest BCUT2D eigenvalue weighted by atomic mass is 10.1. The molecular weight excluding hydrogens is 552 g/mol. The number of benzene rings is 4. The number of rotatable bonds is 8. The van der Waals surface area contributed by atoms with Crippen LogP contribution in [0.1, 0.15) is 23.6 Å². The van der Waals surface area contributed by atoms with Crippen LogP contribution in [0.3, 0.4) is 0 Å². The quantitative estimate of drug-likeness (QED) is 0.170. The molecule has 0 aromatic heterocycles. The second-order valence-electron chi connectivity index (χ2n) is 8.23. The Morgan fingerprint density at radius 1 is 1.08 bits per heavy atom. The predicted octanol–water partition coefficient (Wildman–Crippen LogP) is 8.09. The van der Waals surface area contributed by atoms with Crippen molar-refractivity contribution in [1.82, 2.24) is 0 Å². The Labute approximate surface area is 229 Å². The number of anilines is 1. The standard InChI is InChI=1S/C30H24BrClN2O3/c1-3-36-28-16-20(14-23(17-33)30(35)34-27-13-7-12-26(32)19(27)2)15-25(31)29(28)37-18-22-10-6-9-21-8-4-5-11-24(21)22/h4-16H,3,18H2,1-2H3,(H,34,35)/b23-14+. The molecule has 0 aliphatic rings. The summed E-state index contributed by atoms with van der Waals surface area (Å²) in [6, 6.07) is 25.0. The molecule has 0 spiro atoms. The number of fused-ring (bicyclic) bond motifs is 1. The fourth-order valence-corrected chi connectivity index (χ4v) is 4.64. The number of hydrogen-bond acceptors (Lipinski definition) is 4. The molecular formula is C30H24BrClN2O3. The van der Waals surface area contributed by atoms with E-state index < -0.39 is 5.91 Å². The number of hydrogen-bond donors (Lipinski definition) is 1. The third-order valence-corrected chi connectivity index (χ3v) is 6.77. The number of nitriles is 1. The average molecular weight is 576 g/mol. The summed E-state index contributed by atoms with van der Waals surface area (Å²) in [5.41, 5.74) is 2.88. The van der Waals surface area contributed by atoms with E-state index in [-0.39, 0.29) is 5.57 Å². The van der Waals surface area contributed by atoms with Crippen LogP contribution in [-0.4, -0.2) is 12.5 Å². The van der Waals surface area contributed by atoms with Crippen molar-refractivity contribution in [2.75, 3.05) is 11.9 Å². The van der Waals surface area contributed by atoms with Crippen molar-refractivity contribution in [2.24, 2.45) is 0 Å². The summed E-state index contributed by atoms with van der Waals surface area (Å²) in [5.74, 6) is 0.523. The van der Waals surface area contributed by atoms with E-state index >= 15 is 0 Å². The smallest absolute Gasteiger partial charge is 0.266 e. The van der Waals surface area contributed by atoms with Gasteiger partial charge in [-0.25, -0.2) is 0 Å². The van der Waals surface area contributed by atoms with Crippen molar-refractivity contribution in [3.63, 3.8) is 0 Å². The van der Waals surface area contributed by atoms with E-state index in [1.807, 2.05) is 37.3 Å². The molecule has 0 bridgehead atoms. The maximum atomic E-state index is 12.8. The summed E-state index contributed by atoms with van der Waals surface area (Å²) < 4.78 is 12.7. The molecule has 37 heavy (non-hydrogen) atoms. The monoisotopic (exact) mass is 574 g/mol. The molecule has 0 aliphatic heterocycles. The first-order valence-electron chi connectivity index (χ1n) is 11.6. The van der Waals surface area contributed by atoms with Gasteiger partial charge in [0.05, 0.1) is 11.1 Å². The van der Waals surface area contributed by atoms with E-state index in [1.54, 1.807) is 37.3 Å². The first-order chi connectivity index (χ1) is 17.9. The van der Waals surface area contributed by atoms with Gasteiger partial charge in [0.1, 0.15) is 18.2 Å². The summed E-state index contributed by atoms with van der Waals surface area (Å²) in [4.78, 5) is 12.8. The number of carbonyl (C=O) groups is 1. The molecule has 7 heteroatoms. The highest BCUT2D eigenvalue weighted by atomic mass is 79.9. The van der Waals surface area contributed by atoms with Gasteiger partial charge in [-0.05, 0) is 87.6 Å². The fraction of sp³-hybridized carbons (Fsp3) is 0.133. The van der Waals surface area contributed by atoms with Crippen LogP contribution in [0.4, 0.5) is 5.69 Å². The van der Waals surface area contributed by atoms with Gasteiger partial charge in [0.25, 0.3) is 5.91 Å². The van der Waals surface area contributed by atoms with Gasteiger partial charge >= 0.3 is 0 Å². The van der Waals surface area contributed by atoms with Crippen molar-refractivity contribution in [2.45, 2.75) is 20.5 Å². The largest absolute Gasteiger partial charge is 0.490 e. The van der Waals surface area contributed by atoms with Gasteiger partial charge in [0.2, 0.25) is 0 Å². The average Bonchev–Trinajstić information content (AvgIpc) is 2.89. The second kappa shape index (κ2) is 12.0. The Bertz CT molecular complexity index is 1540. The fourth-order valence-electron chi connectivity index (χ4n) is 3.89. The van der Waals surface area contributed by atoms with Gasteiger partial charge in [-0.1, -0.05) is 60.1 Å². The molecule has 0 atom stereocenters. The Hall–Kier alpha value is -3.79. The first-order valence-corrected chi connectivity index (χ1v) is 12.8. The van der Waals surface area contributed by atoms with Crippen molar-refractivity contribution in [3.05, 3.63) is 105 Å². The number of nitrogens with zero attached hydrogens (tertiary/aromatic N) is 1. The lowest BCUT2D eigenvalue weighted by molar-refractivity contribution is -0.112. The molecule has 0 fully saturated rings. The molecule has 5 nitrogen and oxygen atoms in total. The predicted molar refractivity (Wildman–Crippen MR) is 152 cm³/mol. The van der Waals surface area contributed by atoms with E-state index in [0.29, 0.717) is 45.5 Å². The number of nitrogens with one attached hydrogen (secondary N) is 1. The van der Waals surface area contributed by atoms with E-state index in [2.05, 4.69) is 39.4 Å². The minimum atomic E-state index is -0.529. The first kappa shape index (κ1) is 26.3. The molecule has 4 aromatic carbocycles. The Morgan fingerprint density at radius 2 is 1.84 bits per heavy atom. The van der Waals surface area contributed by atoms with E-state index in [1.165, 1.54) is 6.08 Å². The van der Waals surface area contributed by atoms with Gasteiger partial charge in [-0.2, -0.15) is 5.26 Å². The molecule has 0 aliphatic carbocycles. The molecule has 4 aromatic rings. The van der Waals surface area contributed by atoms with Gasteiger partial charge in [-0.3, -0.25) is 4.79 Å². The number of halogens is 2. The third-order valence-electron chi connectivity index (χ3n) is 5.78. The van der Waals surface area contributed by atoms with Gasteiger partial charge in [-0.15, -0.1) is 0 Å². The van der Waals surface area contributed by atoms with Crippen molar-refractivity contribution >= 4 is 56.0 Å². The van der Waals surface area contributed by atoms with Crippen LogP contribution in [0, 0.1) is 18.3 Å². The molecule has 0 radical (unpaired) electrons. The SMILES string of the molecule is CCOc1cc(/C=C(\C#N)C(=O)Nc2cccc(Cl)c2C)cc(Br)c1OCc1cccc2ccccc12. The number of carbonyl (C=O) groups excluding carboxylic acids is 1. The summed E-state index contributed by atoms with van der Waals surface area (Å²) in [6.07, 6.45) is 1.51. The highest BCUT2D eigenvalue weighted by Gasteiger charge is 2.16.